The molecule has 0 aromatic heterocycles. The van der Waals surface area contributed by atoms with Crippen LogP contribution in [0, 0.1) is 0 Å². The monoisotopic (exact) mass is 208 g/mol. The predicted octanol–water partition coefficient (Wildman–Crippen LogP) is 1.02. The van der Waals surface area contributed by atoms with Gasteiger partial charge in [-0.3, -0.25) is 0 Å². The maximum Gasteiger partial charge on any atom is 0 e. The van der Waals surface area contributed by atoms with E-state index in [1.165, 1.54) is 0 Å². The standard InChI is InChI=1S/C2H6.2Y/c1-2;;/h1-2H3;;. The fourth-order valence-corrected chi connectivity index (χ4v) is 0. The van der Waals surface area contributed by atoms with Crippen molar-refractivity contribution in [1.82, 2.24) is 0 Å². The largest absolute Gasteiger partial charge is 0.0683 e. The fraction of sp³-hybridized carbons (Fsp3) is 1.00. The Kier molecular flexibility index (Phi) is 77.4. The zero-order valence-corrected chi connectivity index (χ0v) is 8.83. The zero-order valence-electron chi connectivity index (χ0n) is 3.15. The summed E-state index contributed by atoms with van der Waals surface area (Å²) in [5.74, 6) is 0. The van der Waals surface area contributed by atoms with Crippen molar-refractivity contribution >= 4 is 0 Å². The molecule has 0 aliphatic carbocycles. The Morgan fingerprint density at radius 2 is 0.750 bits per heavy atom. The van der Waals surface area contributed by atoms with E-state index in [0.29, 0.717) is 0 Å². The van der Waals surface area contributed by atoms with E-state index < -0.39 is 0 Å². The summed E-state index contributed by atoms with van der Waals surface area (Å²) in [5.41, 5.74) is 0. The molecular formula is C2H6Y2. The molecular weight excluding hydrogens is 202 g/mol. The summed E-state index contributed by atoms with van der Waals surface area (Å²) in [6.45, 7) is 4.00. The number of hydrogen-bond acceptors (Lipinski definition) is 0. The molecule has 0 aliphatic heterocycles. The van der Waals surface area contributed by atoms with Gasteiger partial charge >= 0.3 is 0 Å². The van der Waals surface area contributed by atoms with Crippen molar-refractivity contribution in [3.8, 4) is 0 Å². The van der Waals surface area contributed by atoms with Gasteiger partial charge in [-0.25, -0.2) is 0 Å². The van der Waals surface area contributed by atoms with Gasteiger partial charge in [-0.05, 0) is 0 Å². The van der Waals surface area contributed by atoms with E-state index in [1.54, 1.807) is 0 Å². The summed E-state index contributed by atoms with van der Waals surface area (Å²) in [6, 6.07) is 0. The van der Waals surface area contributed by atoms with Crippen LogP contribution >= 0.6 is 0 Å². The summed E-state index contributed by atoms with van der Waals surface area (Å²) >= 11 is 0. The first-order chi connectivity index (χ1) is 1.00. The molecule has 0 rings (SSSR count). The smallest absolute Gasteiger partial charge is 0 e. The third kappa shape index (κ3) is 8.88. The van der Waals surface area contributed by atoms with E-state index in [1.807, 2.05) is 13.8 Å². The maximum absolute atomic E-state index is 2.00. The molecule has 0 saturated carbocycles. The molecule has 0 fully saturated rings. The Hall–Kier alpha value is 2.21. The van der Waals surface area contributed by atoms with Crippen molar-refractivity contribution in [2.24, 2.45) is 0 Å². The summed E-state index contributed by atoms with van der Waals surface area (Å²) in [4.78, 5) is 0. The van der Waals surface area contributed by atoms with Crippen LogP contribution in [0.5, 0.6) is 0 Å². The summed E-state index contributed by atoms with van der Waals surface area (Å²) < 4.78 is 0. The van der Waals surface area contributed by atoms with Gasteiger partial charge in [0.2, 0.25) is 0 Å². The van der Waals surface area contributed by atoms with Crippen molar-refractivity contribution < 1.29 is 65.4 Å². The van der Waals surface area contributed by atoms with Gasteiger partial charge in [-0.15, -0.1) is 0 Å². The van der Waals surface area contributed by atoms with E-state index in [2.05, 4.69) is 0 Å². The first kappa shape index (κ1) is 16.4. The molecule has 0 spiro atoms. The molecule has 0 aliphatic rings. The topological polar surface area (TPSA) is 0 Å². The molecule has 0 atom stereocenters. The fourth-order valence-electron chi connectivity index (χ4n) is 0. The van der Waals surface area contributed by atoms with Crippen LogP contribution in [0.25, 0.3) is 0 Å². The van der Waals surface area contributed by atoms with Crippen LogP contribution in [0.3, 0.4) is 0 Å². The van der Waals surface area contributed by atoms with Gasteiger partial charge in [-0.1, -0.05) is 13.8 Å². The quantitative estimate of drug-likeness (QED) is 0.557. The molecule has 0 bridgehead atoms. The van der Waals surface area contributed by atoms with E-state index in [4.69, 9.17) is 0 Å². The van der Waals surface area contributed by atoms with Crippen molar-refractivity contribution in [1.29, 1.82) is 0 Å². The van der Waals surface area contributed by atoms with Gasteiger partial charge < -0.3 is 0 Å². The maximum atomic E-state index is 2.00. The molecule has 0 N–H and O–H groups in total. The Balaban J connectivity index is -0.00000000500. The SMILES string of the molecule is CC.[Y].[Y]. The third-order valence-corrected chi connectivity index (χ3v) is 0. The molecule has 0 saturated heterocycles. The van der Waals surface area contributed by atoms with Crippen LogP contribution in [-0.4, -0.2) is 0 Å². The van der Waals surface area contributed by atoms with Crippen LogP contribution in [0.2, 0.25) is 0 Å². The Bertz CT molecular complexity index is 4.00. The van der Waals surface area contributed by atoms with Gasteiger partial charge in [0, 0.05) is 65.4 Å². The molecule has 0 heterocycles. The van der Waals surface area contributed by atoms with Crippen molar-refractivity contribution in [3.63, 3.8) is 0 Å². The van der Waals surface area contributed by atoms with Crippen molar-refractivity contribution in [2.75, 3.05) is 0 Å². The van der Waals surface area contributed by atoms with Crippen molar-refractivity contribution in [3.05, 3.63) is 0 Å². The average molecular weight is 208 g/mol. The predicted molar refractivity (Wildman–Crippen MR) is 11.3 cm³/mol. The van der Waals surface area contributed by atoms with Crippen LogP contribution < -0.4 is 0 Å². The van der Waals surface area contributed by atoms with E-state index >= 15 is 0 Å². The molecule has 0 amide bonds. The number of rotatable bonds is 0. The molecule has 2 heteroatoms. The van der Waals surface area contributed by atoms with E-state index in [-0.39, 0.29) is 65.4 Å². The summed E-state index contributed by atoms with van der Waals surface area (Å²) in [6.07, 6.45) is 0. The molecule has 2 radical (unpaired) electrons. The summed E-state index contributed by atoms with van der Waals surface area (Å²) in [7, 11) is 0. The van der Waals surface area contributed by atoms with Crippen LogP contribution in [0.4, 0.5) is 0 Å². The van der Waals surface area contributed by atoms with E-state index in [0.717, 1.165) is 0 Å². The van der Waals surface area contributed by atoms with Crippen LogP contribution in [-0.2, 0) is 65.4 Å². The molecule has 0 nitrogen and oxygen atoms in total. The summed E-state index contributed by atoms with van der Waals surface area (Å²) in [5, 5.41) is 0. The minimum atomic E-state index is 0. The van der Waals surface area contributed by atoms with Gasteiger partial charge in [0.1, 0.15) is 0 Å². The Morgan fingerprint density at radius 3 is 0.750 bits per heavy atom. The molecule has 0 aromatic rings. The van der Waals surface area contributed by atoms with Gasteiger partial charge in [-0.2, -0.15) is 0 Å². The Morgan fingerprint density at radius 1 is 0.750 bits per heavy atom. The number of hydrogen-bond donors (Lipinski definition) is 0. The normalized spacial score (nSPS) is 1.50. The first-order valence-corrected chi connectivity index (χ1v) is 1.00. The van der Waals surface area contributed by atoms with E-state index in [9.17, 15) is 0 Å². The molecule has 0 aromatic carbocycles. The van der Waals surface area contributed by atoms with Crippen LogP contribution in [0.1, 0.15) is 13.8 Å². The van der Waals surface area contributed by atoms with Crippen molar-refractivity contribution in [2.45, 2.75) is 13.8 Å². The van der Waals surface area contributed by atoms with Crippen LogP contribution in [0.15, 0.2) is 0 Å². The second-order valence-corrected chi connectivity index (χ2v) is 0. The van der Waals surface area contributed by atoms with Gasteiger partial charge in [0.25, 0.3) is 0 Å². The van der Waals surface area contributed by atoms with Gasteiger partial charge in [0.05, 0.1) is 0 Å². The Labute approximate surface area is 77.9 Å². The molecule has 20 valence electrons. The average Bonchev–Trinajstić information content (AvgIpc) is 1.00. The zero-order chi connectivity index (χ0) is 2.00. The molecule has 4 heavy (non-hydrogen) atoms. The first-order valence-electron chi connectivity index (χ1n) is 1.00. The second kappa shape index (κ2) is 18.9. The van der Waals surface area contributed by atoms with Gasteiger partial charge in [0.15, 0.2) is 0 Å². The third-order valence-electron chi connectivity index (χ3n) is 0. The second-order valence-electron chi connectivity index (χ2n) is 0. The minimum absolute atomic E-state index is 0. The molecule has 0 unspecified atom stereocenters. The minimum Gasteiger partial charge on any atom is -0.0683 e.